The van der Waals surface area contributed by atoms with Crippen LogP contribution in [0.3, 0.4) is 0 Å². The molecule has 0 radical (unpaired) electrons. The van der Waals surface area contributed by atoms with Crippen LogP contribution in [0.5, 0.6) is 0 Å². The third-order valence-corrected chi connectivity index (χ3v) is 3.62. The molecule has 0 aliphatic rings. The molecule has 0 fully saturated rings. The number of hydrogen-bond donors (Lipinski definition) is 2. The number of furan rings is 1. The molecule has 3 rings (SSSR count). The van der Waals surface area contributed by atoms with Gasteiger partial charge in [-0.25, -0.2) is 4.39 Å². The van der Waals surface area contributed by atoms with Crippen LogP contribution in [0.4, 0.5) is 15.8 Å². The molecule has 1 heterocycles. The summed E-state index contributed by atoms with van der Waals surface area (Å²) in [5, 5.41) is 17.9. The number of nitrogens with one attached hydrogen (secondary N) is 2. The number of hydrazone groups is 1. The van der Waals surface area contributed by atoms with Crippen molar-refractivity contribution >= 4 is 34.9 Å². The van der Waals surface area contributed by atoms with Gasteiger partial charge in [-0.1, -0.05) is 12.1 Å². The number of hydrogen-bond acceptors (Lipinski definition) is 5. The van der Waals surface area contributed by atoms with Crippen molar-refractivity contribution in [1.82, 2.24) is 5.43 Å². The fourth-order valence-electron chi connectivity index (χ4n) is 2.20. The van der Waals surface area contributed by atoms with E-state index in [-0.39, 0.29) is 16.6 Å². The minimum absolute atomic E-state index is 0.0157. The van der Waals surface area contributed by atoms with Gasteiger partial charge in [0.1, 0.15) is 17.3 Å². The van der Waals surface area contributed by atoms with Crippen LogP contribution in [0.2, 0.25) is 0 Å². The van der Waals surface area contributed by atoms with Crippen molar-refractivity contribution in [3.63, 3.8) is 0 Å². The van der Waals surface area contributed by atoms with Gasteiger partial charge in [-0.2, -0.15) is 5.10 Å². The van der Waals surface area contributed by atoms with Gasteiger partial charge in [0, 0.05) is 23.4 Å². The van der Waals surface area contributed by atoms with Crippen LogP contribution < -0.4 is 10.7 Å². The number of anilines is 1. The molecule has 0 spiro atoms. The van der Waals surface area contributed by atoms with Gasteiger partial charge in [0.15, 0.2) is 5.11 Å². The third-order valence-electron chi connectivity index (χ3n) is 3.43. The van der Waals surface area contributed by atoms with Gasteiger partial charge in [0.25, 0.3) is 5.69 Å². The summed E-state index contributed by atoms with van der Waals surface area (Å²) in [6.07, 6.45) is 1.42. The summed E-state index contributed by atoms with van der Waals surface area (Å²) in [7, 11) is 0. The molecule has 136 valence electrons. The molecule has 27 heavy (non-hydrogen) atoms. The molecule has 0 atom stereocenters. The van der Waals surface area contributed by atoms with E-state index in [1.54, 1.807) is 36.4 Å². The molecule has 0 saturated carbocycles. The van der Waals surface area contributed by atoms with Crippen LogP contribution in [-0.4, -0.2) is 16.3 Å². The monoisotopic (exact) mass is 384 g/mol. The first-order valence-corrected chi connectivity index (χ1v) is 8.12. The second kappa shape index (κ2) is 8.19. The lowest BCUT2D eigenvalue weighted by molar-refractivity contribution is -0.384. The van der Waals surface area contributed by atoms with Crippen molar-refractivity contribution in [2.45, 2.75) is 0 Å². The summed E-state index contributed by atoms with van der Waals surface area (Å²) >= 11 is 5.08. The molecular formula is C18H13FN4O3S. The third kappa shape index (κ3) is 4.95. The van der Waals surface area contributed by atoms with Crippen molar-refractivity contribution in [2.75, 3.05) is 5.32 Å². The van der Waals surface area contributed by atoms with Gasteiger partial charge in [0.2, 0.25) is 0 Å². The number of nitro groups is 1. The molecule has 0 unspecified atom stereocenters. The maximum absolute atomic E-state index is 12.9. The second-order valence-corrected chi connectivity index (χ2v) is 5.75. The van der Waals surface area contributed by atoms with Crippen molar-refractivity contribution in [3.05, 3.63) is 82.4 Å². The van der Waals surface area contributed by atoms with Crippen molar-refractivity contribution in [2.24, 2.45) is 5.10 Å². The van der Waals surface area contributed by atoms with E-state index in [4.69, 9.17) is 16.6 Å². The van der Waals surface area contributed by atoms with Crippen LogP contribution in [0.1, 0.15) is 5.76 Å². The molecule has 9 heteroatoms. The SMILES string of the molecule is O=[N+]([O-])c1cccc(-c2ccc(/C=N\NC(=S)Nc3ccc(F)cc3)o2)c1. The second-order valence-electron chi connectivity index (χ2n) is 5.34. The summed E-state index contributed by atoms with van der Waals surface area (Å²) in [6, 6.07) is 15.2. The van der Waals surface area contributed by atoms with E-state index >= 15 is 0 Å². The Balaban J connectivity index is 1.60. The lowest BCUT2D eigenvalue weighted by Gasteiger charge is -2.06. The average molecular weight is 384 g/mol. The molecule has 0 saturated heterocycles. The zero-order chi connectivity index (χ0) is 19.2. The normalized spacial score (nSPS) is 10.7. The molecule has 0 amide bonds. The van der Waals surface area contributed by atoms with Crippen LogP contribution in [0.25, 0.3) is 11.3 Å². The highest BCUT2D eigenvalue weighted by Gasteiger charge is 2.09. The Kier molecular flexibility index (Phi) is 5.53. The predicted molar refractivity (Wildman–Crippen MR) is 104 cm³/mol. The van der Waals surface area contributed by atoms with E-state index in [2.05, 4.69) is 15.8 Å². The number of rotatable bonds is 5. The molecule has 0 bridgehead atoms. The zero-order valence-electron chi connectivity index (χ0n) is 13.8. The van der Waals surface area contributed by atoms with Crippen molar-refractivity contribution in [1.29, 1.82) is 0 Å². The molecule has 7 nitrogen and oxygen atoms in total. The van der Waals surface area contributed by atoms with Crippen LogP contribution in [0, 0.1) is 15.9 Å². The summed E-state index contributed by atoms with van der Waals surface area (Å²) < 4.78 is 18.5. The number of benzene rings is 2. The molecule has 2 N–H and O–H groups in total. The first-order chi connectivity index (χ1) is 13.0. The summed E-state index contributed by atoms with van der Waals surface area (Å²) in [6.45, 7) is 0. The number of thiocarbonyl (C=S) groups is 1. The maximum Gasteiger partial charge on any atom is 0.270 e. The van der Waals surface area contributed by atoms with E-state index in [9.17, 15) is 14.5 Å². The molecule has 0 aliphatic heterocycles. The van der Waals surface area contributed by atoms with E-state index in [0.29, 0.717) is 22.8 Å². The van der Waals surface area contributed by atoms with Crippen LogP contribution in [-0.2, 0) is 0 Å². The Hall–Kier alpha value is -3.59. The highest BCUT2D eigenvalue weighted by atomic mass is 32.1. The molecule has 3 aromatic rings. The standard InChI is InChI=1S/C18H13FN4O3S/c19-13-4-6-14(7-5-13)21-18(27)22-20-11-16-8-9-17(26-16)12-2-1-3-15(10-12)23(24)25/h1-11H,(H2,21,22,27)/b20-11-. The fourth-order valence-corrected chi connectivity index (χ4v) is 2.37. The summed E-state index contributed by atoms with van der Waals surface area (Å²) in [5.41, 5.74) is 3.81. The van der Waals surface area contributed by atoms with E-state index in [0.717, 1.165) is 0 Å². The average Bonchev–Trinajstić information content (AvgIpc) is 3.13. The maximum atomic E-state index is 12.9. The van der Waals surface area contributed by atoms with Gasteiger partial charge in [-0.15, -0.1) is 0 Å². The van der Waals surface area contributed by atoms with Gasteiger partial charge in [-0.3, -0.25) is 15.5 Å². The Morgan fingerprint density at radius 2 is 1.96 bits per heavy atom. The van der Waals surface area contributed by atoms with Gasteiger partial charge >= 0.3 is 0 Å². The Morgan fingerprint density at radius 1 is 1.19 bits per heavy atom. The Labute approximate surface area is 158 Å². The summed E-state index contributed by atoms with van der Waals surface area (Å²) in [4.78, 5) is 10.4. The lowest BCUT2D eigenvalue weighted by atomic mass is 10.1. The zero-order valence-corrected chi connectivity index (χ0v) is 14.6. The molecule has 0 aliphatic carbocycles. The largest absolute Gasteiger partial charge is 0.455 e. The number of nitro benzene ring substituents is 1. The number of non-ortho nitro benzene ring substituents is 1. The molecule has 1 aromatic heterocycles. The van der Waals surface area contributed by atoms with E-state index < -0.39 is 4.92 Å². The van der Waals surface area contributed by atoms with E-state index in [1.807, 2.05) is 0 Å². The topological polar surface area (TPSA) is 92.7 Å². The predicted octanol–water partition coefficient (Wildman–Crippen LogP) is 4.31. The van der Waals surface area contributed by atoms with Crippen LogP contribution >= 0.6 is 12.2 Å². The first-order valence-electron chi connectivity index (χ1n) is 7.71. The Bertz CT molecular complexity index is 1000. The van der Waals surface area contributed by atoms with Gasteiger partial charge < -0.3 is 9.73 Å². The highest BCUT2D eigenvalue weighted by Crippen LogP contribution is 2.25. The van der Waals surface area contributed by atoms with E-state index in [1.165, 1.54) is 30.5 Å². The first kappa shape index (κ1) is 18.2. The highest BCUT2D eigenvalue weighted by molar-refractivity contribution is 7.80. The molecular weight excluding hydrogens is 371 g/mol. The van der Waals surface area contributed by atoms with Crippen molar-refractivity contribution in [3.8, 4) is 11.3 Å². The fraction of sp³-hybridized carbons (Fsp3) is 0. The minimum Gasteiger partial charge on any atom is -0.455 e. The quantitative estimate of drug-likeness (QED) is 0.295. The number of nitrogens with zero attached hydrogens (tertiary/aromatic N) is 2. The molecule has 2 aromatic carbocycles. The minimum atomic E-state index is -0.464. The smallest absolute Gasteiger partial charge is 0.270 e. The number of halogens is 1. The van der Waals surface area contributed by atoms with Crippen LogP contribution in [0.15, 0.2) is 70.2 Å². The van der Waals surface area contributed by atoms with Gasteiger partial charge in [-0.05, 0) is 48.6 Å². The van der Waals surface area contributed by atoms with Gasteiger partial charge in [0.05, 0.1) is 11.1 Å². The Morgan fingerprint density at radius 3 is 2.70 bits per heavy atom. The lowest BCUT2D eigenvalue weighted by Crippen LogP contribution is -2.23. The van der Waals surface area contributed by atoms with Crippen molar-refractivity contribution < 1.29 is 13.7 Å². The summed E-state index contributed by atoms with van der Waals surface area (Å²) in [5.74, 6) is 0.579.